The van der Waals surface area contributed by atoms with Crippen molar-refractivity contribution in [3.63, 3.8) is 0 Å². The van der Waals surface area contributed by atoms with E-state index < -0.39 is 16.1 Å². The third-order valence-corrected chi connectivity index (χ3v) is 6.18. The summed E-state index contributed by atoms with van der Waals surface area (Å²) in [6.07, 6.45) is -0.749. The van der Waals surface area contributed by atoms with E-state index in [-0.39, 0.29) is 10.0 Å². The minimum atomic E-state index is -3.78. The predicted octanol–water partition coefficient (Wildman–Crippen LogP) is 3.13. The number of nitrogens with zero attached hydrogens (tertiary/aromatic N) is 1. The molecule has 2 heterocycles. The maximum atomic E-state index is 12.4. The number of fused-ring (bicyclic) bond motifs is 1. The lowest BCUT2D eigenvalue weighted by Crippen LogP contribution is -2.12. The predicted molar refractivity (Wildman–Crippen MR) is 86.9 cm³/mol. The van der Waals surface area contributed by atoms with Crippen LogP contribution in [0.3, 0.4) is 0 Å². The molecular formula is C13H12ClN3O3S2. The summed E-state index contributed by atoms with van der Waals surface area (Å²) in [6, 6.07) is 8.20. The quantitative estimate of drug-likeness (QED) is 0.668. The first kappa shape index (κ1) is 15.3. The molecule has 0 aliphatic heterocycles. The average Bonchev–Trinajstić information content (AvgIpc) is 3.05. The van der Waals surface area contributed by atoms with E-state index in [1.807, 2.05) is 0 Å². The number of aliphatic hydroxyl groups is 1. The molecule has 1 aromatic carbocycles. The minimum absolute atomic E-state index is 0.100. The number of benzene rings is 1. The standard InChI is InChI=1S/C13H12ClN3O3S2/c1-7(18)8-3-2-4-9-12(8)13(16-15-9)17-22(19,20)11-6-5-10(14)21-11/h2-7,18H,1H3,(H2,15,16,17). The molecule has 6 nitrogen and oxygen atoms in total. The Morgan fingerprint density at radius 1 is 1.36 bits per heavy atom. The van der Waals surface area contributed by atoms with Crippen molar-refractivity contribution < 1.29 is 13.5 Å². The number of rotatable bonds is 4. The number of halogens is 1. The number of nitrogens with one attached hydrogen (secondary N) is 2. The number of hydrogen-bond acceptors (Lipinski definition) is 5. The van der Waals surface area contributed by atoms with Gasteiger partial charge in [-0.1, -0.05) is 23.7 Å². The van der Waals surface area contributed by atoms with Gasteiger partial charge in [0.25, 0.3) is 10.0 Å². The summed E-state index contributed by atoms with van der Waals surface area (Å²) >= 11 is 6.74. The largest absolute Gasteiger partial charge is 0.389 e. The first-order valence-electron chi connectivity index (χ1n) is 6.31. The van der Waals surface area contributed by atoms with Gasteiger partial charge in [-0.2, -0.15) is 5.10 Å². The van der Waals surface area contributed by atoms with E-state index in [4.69, 9.17) is 11.6 Å². The van der Waals surface area contributed by atoms with Crippen molar-refractivity contribution in [1.82, 2.24) is 10.2 Å². The van der Waals surface area contributed by atoms with Crippen molar-refractivity contribution in [2.24, 2.45) is 0 Å². The maximum absolute atomic E-state index is 12.4. The van der Waals surface area contributed by atoms with E-state index >= 15 is 0 Å². The Morgan fingerprint density at radius 2 is 2.14 bits per heavy atom. The van der Waals surface area contributed by atoms with Gasteiger partial charge >= 0.3 is 0 Å². The van der Waals surface area contributed by atoms with Gasteiger partial charge in [0.1, 0.15) is 4.21 Å². The second-order valence-electron chi connectivity index (χ2n) is 4.68. The van der Waals surface area contributed by atoms with Gasteiger partial charge in [0.2, 0.25) is 0 Å². The lowest BCUT2D eigenvalue weighted by Gasteiger charge is -2.08. The fraction of sp³-hybridized carbons (Fsp3) is 0.154. The number of thiophene rings is 1. The lowest BCUT2D eigenvalue weighted by atomic mass is 10.1. The molecule has 3 rings (SSSR count). The summed E-state index contributed by atoms with van der Waals surface area (Å²) in [5.41, 5.74) is 1.23. The SMILES string of the molecule is CC(O)c1cccc2[nH]nc(NS(=O)(=O)c3ccc(Cl)s3)c12. The van der Waals surface area contributed by atoms with Gasteiger partial charge in [-0.3, -0.25) is 9.82 Å². The Morgan fingerprint density at radius 3 is 2.77 bits per heavy atom. The summed E-state index contributed by atoms with van der Waals surface area (Å²) < 4.78 is 27.6. The van der Waals surface area contributed by atoms with Crippen LogP contribution < -0.4 is 4.72 Å². The third kappa shape index (κ3) is 2.70. The van der Waals surface area contributed by atoms with Crippen LogP contribution in [0.5, 0.6) is 0 Å². The molecule has 0 fully saturated rings. The fourth-order valence-corrected chi connectivity index (χ4v) is 4.64. The summed E-state index contributed by atoms with van der Waals surface area (Å²) in [5.74, 6) is 0.149. The summed E-state index contributed by atoms with van der Waals surface area (Å²) in [5, 5.41) is 17.1. The highest BCUT2D eigenvalue weighted by Gasteiger charge is 2.21. The first-order valence-corrected chi connectivity index (χ1v) is 8.99. The average molecular weight is 358 g/mol. The Kier molecular flexibility index (Phi) is 3.85. The van der Waals surface area contributed by atoms with Crippen LogP contribution in [-0.4, -0.2) is 23.7 Å². The highest BCUT2D eigenvalue weighted by Crippen LogP contribution is 2.32. The molecule has 0 saturated heterocycles. The Labute approximate surface area is 135 Å². The van der Waals surface area contributed by atoms with E-state index in [1.54, 1.807) is 25.1 Å². The Bertz CT molecular complexity index is 931. The van der Waals surface area contributed by atoms with Gasteiger partial charge in [-0.05, 0) is 30.7 Å². The molecule has 1 atom stereocenters. The molecular weight excluding hydrogens is 346 g/mol. The molecule has 0 spiro atoms. The van der Waals surface area contributed by atoms with Crippen LogP contribution in [0.1, 0.15) is 18.6 Å². The van der Waals surface area contributed by atoms with Crippen LogP contribution >= 0.6 is 22.9 Å². The fourth-order valence-electron chi connectivity index (χ4n) is 2.14. The summed E-state index contributed by atoms with van der Waals surface area (Å²) in [4.78, 5) is 0. The zero-order valence-electron chi connectivity index (χ0n) is 11.4. The molecule has 1 unspecified atom stereocenters. The van der Waals surface area contributed by atoms with E-state index in [9.17, 15) is 13.5 Å². The zero-order valence-corrected chi connectivity index (χ0v) is 13.8. The number of sulfonamides is 1. The van der Waals surface area contributed by atoms with Crippen molar-refractivity contribution in [2.75, 3.05) is 4.72 Å². The van der Waals surface area contributed by atoms with Gasteiger partial charge in [0, 0.05) is 0 Å². The molecule has 0 amide bonds. The van der Waals surface area contributed by atoms with E-state index in [0.29, 0.717) is 20.8 Å². The molecule has 22 heavy (non-hydrogen) atoms. The molecule has 0 aliphatic carbocycles. The third-order valence-electron chi connectivity index (χ3n) is 3.12. The van der Waals surface area contributed by atoms with Gasteiger partial charge in [-0.15, -0.1) is 11.3 Å². The summed E-state index contributed by atoms with van der Waals surface area (Å²) in [7, 11) is -3.78. The van der Waals surface area contributed by atoms with E-state index in [0.717, 1.165) is 11.3 Å². The van der Waals surface area contributed by atoms with Gasteiger partial charge in [-0.25, -0.2) is 8.42 Å². The van der Waals surface area contributed by atoms with Crippen LogP contribution in [0.2, 0.25) is 4.34 Å². The second-order valence-corrected chi connectivity index (χ2v) is 8.31. The molecule has 0 bridgehead atoms. The van der Waals surface area contributed by atoms with Crippen LogP contribution in [0, 0.1) is 0 Å². The Hall–Kier alpha value is -1.61. The first-order chi connectivity index (χ1) is 10.4. The normalized spacial score (nSPS) is 13.4. The van der Waals surface area contributed by atoms with Crippen LogP contribution in [-0.2, 0) is 10.0 Å². The molecule has 0 saturated carbocycles. The van der Waals surface area contributed by atoms with Crippen molar-refractivity contribution in [3.8, 4) is 0 Å². The smallest absolute Gasteiger partial charge is 0.272 e. The highest BCUT2D eigenvalue weighted by molar-refractivity contribution is 7.94. The molecule has 3 aromatic rings. The van der Waals surface area contributed by atoms with Crippen molar-refractivity contribution in [3.05, 3.63) is 40.2 Å². The summed E-state index contributed by atoms with van der Waals surface area (Å²) in [6.45, 7) is 1.61. The van der Waals surface area contributed by atoms with Gasteiger partial charge in [0.15, 0.2) is 5.82 Å². The monoisotopic (exact) mass is 357 g/mol. The molecule has 0 aliphatic rings. The van der Waals surface area contributed by atoms with Crippen LogP contribution in [0.15, 0.2) is 34.5 Å². The van der Waals surface area contributed by atoms with Gasteiger partial charge in [0.05, 0.1) is 21.3 Å². The number of anilines is 1. The molecule has 116 valence electrons. The number of aromatic nitrogens is 2. The maximum Gasteiger partial charge on any atom is 0.272 e. The number of hydrogen-bond donors (Lipinski definition) is 3. The van der Waals surface area contributed by atoms with Gasteiger partial charge < -0.3 is 5.11 Å². The molecule has 9 heteroatoms. The molecule has 3 N–H and O–H groups in total. The lowest BCUT2D eigenvalue weighted by molar-refractivity contribution is 0.201. The van der Waals surface area contributed by atoms with Crippen molar-refractivity contribution in [1.29, 1.82) is 0 Å². The number of H-pyrrole nitrogens is 1. The van der Waals surface area contributed by atoms with E-state index in [1.165, 1.54) is 12.1 Å². The highest BCUT2D eigenvalue weighted by atomic mass is 35.5. The zero-order chi connectivity index (χ0) is 15.9. The van der Waals surface area contributed by atoms with Crippen molar-refractivity contribution in [2.45, 2.75) is 17.2 Å². The Balaban J connectivity index is 2.08. The van der Waals surface area contributed by atoms with Crippen molar-refractivity contribution >= 4 is 49.7 Å². The number of aromatic amines is 1. The molecule has 0 radical (unpaired) electrons. The van der Waals surface area contributed by atoms with Crippen LogP contribution in [0.4, 0.5) is 5.82 Å². The minimum Gasteiger partial charge on any atom is -0.389 e. The van der Waals surface area contributed by atoms with E-state index in [2.05, 4.69) is 14.9 Å². The topological polar surface area (TPSA) is 95.1 Å². The second kappa shape index (κ2) is 5.54. The van der Waals surface area contributed by atoms with Crippen LogP contribution in [0.25, 0.3) is 10.9 Å². The molecule has 2 aromatic heterocycles. The number of aliphatic hydroxyl groups excluding tert-OH is 1.